The molecule has 1 heterocycles. The summed E-state index contributed by atoms with van der Waals surface area (Å²) in [6.07, 6.45) is 3.05. The Morgan fingerprint density at radius 3 is 2.00 bits per heavy atom. The van der Waals surface area contributed by atoms with E-state index in [-0.39, 0.29) is 12.6 Å². The van der Waals surface area contributed by atoms with E-state index in [0.717, 1.165) is 19.3 Å². The Morgan fingerprint density at radius 1 is 1.08 bits per heavy atom. The highest BCUT2D eigenvalue weighted by Gasteiger charge is 2.22. The smallest absolute Gasteiger partial charge is 0.160 e. The van der Waals surface area contributed by atoms with Crippen LogP contribution in [0.25, 0.3) is 0 Å². The van der Waals surface area contributed by atoms with E-state index in [0.29, 0.717) is 13.2 Å². The molecule has 0 aliphatic carbocycles. The van der Waals surface area contributed by atoms with Crippen LogP contribution >= 0.6 is 0 Å². The van der Waals surface area contributed by atoms with Crippen molar-refractivity contribution in [3.05, 3.63) is 0 Å². The molecule has 0 saturated carbocycles. The van der Waals surface area contributed by atoms with Gasteiger partial charge in [0.15, 0.2) is 12.6 Å². The van der Waals surface area contributed by atoms with Crippen molar-refractivity contribution in [1.82, 2.24) is 0 Å². The van der Waals surface area contributed by atoms with Crippen LogP contribution in [0.1, 0.15) is 33.1 Å². The van der Waals surface area contributed by atoms with Gasteiger partial charge in [0.05, 0.1) is 0 Å². The first-order valence-corrected chi connectivity index (χ1v) is 4.75. The zero-order chi connectivity index (χ0) is 8.81. The normalized spacial score (nSPS) is 30.5. The van der Waals surface area contributed by atoms with Gasteiger partial charge in [0, 0.05) is 13.2 Å². The van der Waals surface area contributed by atoms with Crippen LogP contribution < -0.4 is 0 Å². The number of hydrogen-bond donors (Lipinski definition) is 0. The fourth-order valence-electron chi connectivity index (χ4n) is 1.37. The van der Waals surface area contributed by atoms with E-state index in [1.807, 2.05) is 13.8 Å². The van der Waals surface area contributed by atoms with E-state index in [1.54, 1.807) is 0 Å². The summed E-state index contributed by atoms with van der Waals surface area (Å²) in [7, 11) is 0. The molecule has 0 aromatic heterocycles. The van der Waals surface area contributed by atoms with E-state index in [9.17, 15) is 0 Å². The predicted molar refractivity (Wildman–Crippen MR) is 45.8 cm³/mol. The molecule has 12 heavy (non-hydrogen) atoms. The van der Waals surface area contributed by atoms with Gasteiger partial charge in [-0.15, -0.1) is 0 Å². The Morgan fingerprint density at radius 2 is 1.58 bits per heavy atom. The van der Waals surface area contributed by atoms with Gasteiger partial charge in [-0.25, -0.2) is 0 Å². The molecule has 2 atom stereocenters. The molecule has 1 rings (SSSR count). The van der Waals surface area contributed by atoms with Crippen LogP contribution in [0.4, 0.5) is 0 Å². The first kappa shape index (κ1) is 9.96. The van der Waals surface area contributed by atoms with Gasteiger partial charge in [-0.05, 0) is 33.1 Å². The van der Waals surface area contributed by atoms with Gasteiger partial charge in [-0.2, -0.15) is 0 Å². The molecule has 0 spiro atoms. The third-order valence-electron chi connectivity index (χ3n) is 1.89. The van der Waals surface area contributed by atoms with Crippen molar-refractivity contribution in [3.8, 4) is 0 Å². The third-order valence-corrected chi connectivity index (χ3v) is 1.89. The molecule has 0 aromatic rings. The van der Waals surface area contributed by atoms with Crippen LogP contribution in [0.2, 0.25) is 0 Å². The van der Waals surface area contributed by atoms with Crippen LogP contribution in [0, 0.1) is 0 Å². The lowest BCUT2D eigenvalue weighted by Gasteiger charge is -2.29. The molecule has 3 heteroatoms. The van der Waals surface area contributed by atoms with Gasteiger partial charge >= 0.3 is 0 Å². The summed E-state index contributed by atoms with van der Waals surface area (Å²) in [4.78, 5) is 0. The molecule has 72 valence electrons. The fourth-order valence-corrected chi connectivity index (χ4v) is 1.37. The molecule has 1 saturated heterocycles. The van der Waals surface area contributed by atoms with Crippen molar-refractivity contribution in [3.63, 3.8) is 0 Å². The number of ether oxygens (including phenoxy) is 3. The average molecular weight is 174 g/mol. The SMILES string of the molecule is CCO[C@@H]1CCC[C@@H](OCC)O1. The second-order valence-electron chi connectivity index (χ2n) is 2.84. The summed E-state index contributed by atoms with van der Waals surface area (Å²) in [6.45, 7) is 5.38. The van der Waals surface area contributed by atoms with Gasteiger partial charge in [0.25, 0.3) is 0 Å². The van der Waals surface area contributed by atoms with Crippen molar-refractivity contribution < 1.29 is 14.2 Å². The van der Waals surface area contributed by atoms with Crippen LogP contribution in [0.15, 0.2) is 0 Å². The number of rotatable bonds is 4. The van der Waals surface area contributed by atoms with Gasteiger partial charge in [0.1, 0.15) is 0 Å². The third kappa shape index (κ3) is 3.09. The van der Waals surface area contributed by atoms with E-state index in [4.69, 9.17) is 14.2 Å². The van der Waals surface area contributed by atoms with E-state index in [2.05, 4.69) is 0 Å². The fraction of sp³-hybridized carbons (Fsp3) is 1.00. The highest BCUT2D eigenvalue weighted by Crippen LogP contribution is 2.20. The molecular weight excluding hydrogens is 156 g/mol. The van der Waals surface area contributed by atoms with Gasteiger partial charge in [0.2, 0.25) is 0 Å². The quantitative estimate of drug-likeness (QED) is 0.651. The molecule has 0 unspecified atom stereocenters. The molecule has 0 bridgehead atoms. The molecule has 1 aliphatic heterocycles. The van der Waals surface area contributed by atoms with Crippen molar-refractivity contribution in [2.24, 2.45) is 0 Å². The van der Waals surface area contributed by atoms with Gasteiger partial charge in [-0.3, -0.25) is 0 Å². The van der Waals surface area contributed by atoms with Crippen LogP contribution in [0.3, 0.4) is 0 Å². The maximum atomic E-state index is 5.52. The van der Waals surface area contributed by atoms with Crippen LogP contribution in [-0.2, 0) is 14.2 Å². The highest BCUT2D eigenvalue weighted by atomic mass is 16.8. The minimum atomic E-state index is -0.0414. The number of hydrogen-bond acceptors (Lipinski definition) is 3. The average Bonchev–Trinajstić information content (AvgIpc) is 2.06. The van der Waals surface area contributed by atoms with Crippen LogP contribution in [0.5, 0.6) is 0 Å². The first-order valence-electron chi connectivity index (χ1n) is 4.75. The molecule has 3 nitrogen and oxygen atoms in total. The molecular formula is C9H18O3. The lowest BCUT2D eigenvalue weighted by atomic mass is 10.2. The zero-order valence-electron chi connectivity index (χ0n) is 7.91. The molecule has 0 amide bonds. The summed E-state index contributed by atoms with van der Waals surface area (Å²) in [5, 5.41) is 0. The zero-order valence-corrected chi connectivity index (χ0v) is 7.91. The maximum absolute atomic E-state index is 5.52. The van der Waals surface area contributed by atoms with Crippen molar-refractivity contribution in [1.29, 1.82) is 0 Å². The second kappa shape index (κ2) is 5.51. The molecule has 0 N–H and O–H groups in total. The summed E-state index contributed by atoms with van der Waals surface area (Å²) in [5.74, 6) is 0. The first-order chi connectivity index (χ1) is 5.86. The molecule has 0 radical (unpaired) electrons. The van der Waals surface area contributed by atoms with Crippen molar-refractivity contribution in [2.45, 2.75) is 45.7 Å². The standard InChI is InChI=1S/C9H18O3/c1-3-10-8-6-5-7-9(12-8)11-4-2/h8-9H,3-7H2,1-2H3/t8-,9-/m0/s1. The highest BCUT2D eigenvalue weighted by molar-refractivity contribution is 4.58. The van der Waals surface area contributed by atoms with Crippen molar-refractivity contribution >= 4 is 0 Å². The largest absolute Gasteiger partial charge is 0.353 e. The summed E-state index contributed by atoms with van der Waals surface area (Å²) in [6, 6.07) is 0. The second-order valence-corrected chi connectivity index (χ2v) is 2.84. The van der Waals surface area contributed by atoms with Crippen molar-refractivity contribution in [2.75, 3.05) is 13.2 Å². The predicted octanol–water partition coefficient (Wildman–Crippen LogP) is 1.91. The summed E-state index contributed by atoms with van der Waals surface area (Å²) in [5.41, 5.74) is 0. The van der Waals surface area contributed by atoms with E-state index >= 15 is 0 Å². The lowest BCUT2D eigenvalue weighted by molar-refractivity contribution is -0.264. The van der Waals surface area contributed by atoms with E-state index < -0.39 is 0 Å². The lowest BCUT2D eigenvalue weighted by Crippen LogP contribution is -2.31. The Labute approximate surface area is 74.0 Å². The minimum absolute atomic E-state index is 0.0414. The van der Waals surface area contributed by atoms with E-state index in [1.165, 1.54) is 0 Å². The Bertz CT molecular complexity index is 100. The summed E-state index contributed by atoms with van der Waals surface area (Å²) >= 11 is 0. The Balaban J connectivity index is 2.20. The minimum Gasteiger partial charge on any atom is -0.353 e. The Hall–Kier alpha value is -0.120. The summed E-state index contributed by atoms with van der Waals surface area (Å²) < 4.78 is 16.2. The molecule has 0 aromatic carbocycles. The van der Waals surface area contributed by atoms with Gasteiger partial charge < -0.3 is 14.2 Å². The van der Waals surface area contributed by atoms with Gasteiger partial charge in [-0.1, -0.05) is 0 Å². The topological polar surface area (TPSA) is 27.7 Å². The molecule has 1 fully saturated rings. The van der Waals surface area contributed by atoms with Crippen LogP contribution in [-0.4, -0.2) is 25.8 Å². The monoisotopic (exact) mass is 174 g/mol. The maximum Gasteiger partial charge on any atom is 0.160 e. The molecule has 1 aliphatic rings. The Kier molecular flexibility index (Phi) is 4.58.